The van der Waals surface area contributed by atoms with Crippen molar-refractivity contribution in [3.8, 4) is 62.2 Å². The molecule has 0 fully saturated rings. The maximum Gasteiger partial charge on any atom is 0.144 e. The number of fused-ring (bicyclic) bond motifs is 4. The Morgan fingerprint density at radius 3 is 1.66 bits per heavy atom. The molecule has 3 aromatic heterocycles. The number of aromatic nitrogens is 5. The van der Waals surface area contributed by atoms with Gasteiger partial charge in [-0.3, -0.25) is 9.97 Å². The molecule has 0 N–H and O–H groups in total. The molecule has 8 heteroatoms. The van der Waals surface area contributed by atoms with Crippen LogP contribution in [-0.2, 0) is 31.9 Å². The summed E-state index contributed by atoms with van der Waals surface area (Å²) in [5, 5.41) is 2.20. The molecule has 7 nitrogen and oxygen atoms in total. The number of anilines is 4. The van der Waals surface area contributed by atoms with E-state index < -0.39 is 0 Å². The summed E-state index contributed by atoms with van der Waals surface area (Å²) in [5.74, 6) is 2.43. The van der Waals surface area contributed by atoms with Crippen LogP contribution in [0.4, 0.5) is 22.7 Å². The van der Waals surface area contributed by atoms with Crippen molar-refractivity contribution in [2.75, 3.05) is 9.80 Å². The van der Waals surface area contributed by atoms with Crippen LogP contribution >= 0.6 is 0 Å². The smallest absolute Gasteiger partial charge is 0.144 e. The van der Waals surface area contributed by atoms with Gasteiger partial charge in [0, 0.05) is 66.5 Å². The molecule has 0 amide bonds. The van der Waals surface area contributed by atoms with Crippen LogP contribution in [-0.4, -0.2) is 24.5 Å². The predicted octanol–water partition coefficient (Wildman–Crippen LogP) is 16.3. The number of para-hydroxylation sites is 4. The second kappa shape index (κ2) is 18.9. The fourth-order valence-electron chi connectivity index (χ4n) is 9.83. The Morgan fingerprint density at radius 2 is 1.01 bits per heavy atom. The van der Waals surface area contributed by atoms with E-state index in [1.807, 2.05) is 36.5 Å². The molecule has 0 bridgehead atoms. The van der Waals surface area contributed by atoms with Gasteiger partial charge in [-0.1, -0.05) is 192 Å². The Kier molecular flexibility index (Phi) is 12.2. The van der Waals surface area contributed by atoms with Gasteiger partial charge in [0.25, 0.3) is 0 Å². The van der Waals surface area contributed by atoms with Gasteiger partial charge in [-0.05, 0) is 68.8 Å². The SMILES string of the molecule is CC(C)(C)c1cc(-c2nc(-c3[c-]c4c(cc3)c3ccccc3n4-c3cc(C(C)(C)C)ccn3)nc(-c3ccccc3)n2)[c-]c(N2[CH-]N(c3c(-c4ccccc4)cccc3-c3ccccc3)c3ccccc32)c1.[Pt]. The molecule has 0 radical (unpaired) electrons. The van der Waals surface area contributed by atoms with Crippen LogP contribution in [0.25, 0.3) is 84.0 Å². The van der Waals surface area contributed by atoms with Crippen LogP contribution < -0.4 is 9.80 Å². The van der Waals surface area contributed by atoms with Gasteiger partial charge in [-0.15, -0.1) is 59.8 Å². The number of nitrogens with zero attached hydrogens (tertiary/aromatic N) is 7. The largest absolute Gasteiger partial charge is 0.488 e. The van der Waals surface area contributed by atoms with E-state index in [1.165, 1.54) is 5.56 Å². The van der Waals surface area contributed by atoms with Gasteiger partial charge in [0.05, 0.1) is 11.6 Å². The van der Waals surface area contributed by atoms with Gasteiger partial charge in [0.15, 0.2) is 0 Å². The standard InChI is InChI=1S/C65H52N7.Pt/c1-64(2,3)48-35-36-66-59(41-48)72-55-30-17-16-27-53(55)54-34-33-46(39-58(54)72)62-67-61(45-25-14-9-15-26-45)68-63(69-62)47-37-49(65(4,5)6)40-50(38-47)70-42-71(57-32-19-18-31-56(57)70)60-51(43-21-10-7-11-22-43)28-20-29-52(60)44-23-12-8-13-24-44;/h7-37,40-42H,1-6H3;/q-3;. The van der Waals surface area contributed by atoms with E-state index in [0.29, 0.717) is 17.5 Å². The van der Waals surface area contributed by atoms with E-state index in [9.17, 15) is 0 Å². The van der Waals surface area contributed by atoms with Crippen molar-refractivity contribution in [1.82, 2.24) is 24.5 Å². The third-order valence-corrected chi connectivity index (χ3v) is 13.6. The normalized spacial score (nSPS) is 12.6. The molecule has 0 spiro atoms. The van der Waals surface area contributed by atoms with Crippen molar-refractivity contribution in [2.24, 2.45) is 0 Å². The van der Waals surface area contributed by atoms with Crippen molar-refractivity contribution in [1.29, 1.82) is 0 Å². The van der Waals surface area contributed by atoms with E-state index >= 15 is 0 Å². The van der Waals surface area contributed by atoms with E-state index in [-0.39, 0.29) is 31.9 Å². The summed E-state index contributed by atoms with van der Waals surface area (Å²) >= 11 is 0. The Balaban J connectivity index is 0.00000574. The average Bonchev–Trinajstić information content (AvgIpc) is 3.97. The zero-order valence-electron chi connectivity index (χ0n) is 41.6. The van der Waals surface area contributed by atoms with Crippen LogP contribution in [0.2, 0.25) is 0 Å². The van der Waals surface area contributed by atoms with E-state index in [1.54, 1.807) is 0 Å². The Bertz CT molecular complexity index is 3760. The van der Waals surface area contributed by atoms with Crippen LogP contribution in [0.3, 0.4) is 0 Å². The van der Waals surface area contributed by atoms with Gasteiger partial charge >= 0.3 is 0 Å². The number of pyridine rings is 1. The summed E-state index contributed by atoms with van der Waals surface area (Å²) in [6.45, 7) is 15.6. The van der Waals surface area contributed by atoms with Crippen LogP contribution in [0, 0.1) is 18.8 Å². The van der Waals surface area contributed by atoms with Crippen LogP contribution in [0.15, 0.2) is 200 Å². The predicted molar refractivity (Wildman–Crippen MR) is 296 cm³/mol. The van der Waals surface area contributed by atoms with Crippen molar-refractivity contribution in [2.45, 2.75) is 52.4 Å². The summed E-state index contributed by atoms with van der Waals surface area (Å²) in [6.07, 6.45) is 1.91. The number of benzene rings is 8. The third kappa shape index (κ3) is 8.82. The molecule has 12 rings (SSSR count). The van der Waals surface area contributed by atoms with E-state index in [4.69, 9.17) is 19.9 Å². The molecule has 4 heterocycles. The molecule has 1 aliphatic heterocycles. The minimum atomic E-state index is -0.236. The van der Waals surface area contributed by atoms with Crippen molar-refractivity contribution < 1.29 is 21.1 Å². The zero-order valence-corrected chi connectivity index (χ0v) is 43.8. The first-order valence-corrected chi connectivity index (χ1v) is 24.6. The summed E-state index contributed by atoms with van der Waals surface area (Å²) in [4.78, 5) is 25.3. The van der Waals surface area contributed by atoms with Crippen molar-refractivity contribution in [3.05, 3.63) is 230 Å². The van der Waals surface area contributed by atoms with E-state index in [2.05, 4.69) is 239 Å². The maximum atomic E-state index is 5.35. The molecule has 1 aliphatic rings. The first-order chi connectivity index (χ1) is 35.0. The third-order valence-electron chi connectivity index (χ3n) is 13.6. The molecular formula is C65H52N7Pt-3. The molecule has 0 saturated heterocycles. The minimum absolute atomic E-state index is 0. The van der Waals surface area contributed by atoms with E-state index in [0.717, 1.165) is 94.9 Å². The summed E-state index contributed by atoms with van der Waals surface area (Å²) in [6, 6.07) is 75.8. The van der Waals surface area contributed by atoms with Gasteiger partial charge in [0.1, 0.15) is 11.6 Å². The number of rotatable bonds is 8. The molecule has 360 valence electrons. The fraction of sp³-hybridized carbons (Fsp3) is 0.123. The molecule has 0 atom stereocenters. The van der Waals surface area contributed by atoms with Crippen molar-refractivity contribution >= 4 is 44.6 Å². The zero-order chi connectivity index (χ0) is 49.1. The average molecular weight is 1130 g/mol. The molecule has 8 aromatic carbocycles. The Labute approximate surface area is 442 Å². The summed E-state index contributed by atoms with van der Waals surface area (Å²) in [7, 11) is 0. The van der Waals surface area contributed by atoms with Gasteiger partial charge in [-0.2, -0.15) is 0 Å². The molecule has 73 heavy (non-hydrogen) atoms. The first kappa shape index (κ1) is 47.3. The molecule has 0 unspecified atom stereocenters. The molecule has 0 aliphatic carbocycles. The van der Waals surface area contributed by atoms with Crippen LogP contribution in [0.1, 0.15) is 52.7 Å². The number of hydrogen-bond donors (Lipinski definition) is 0. The summed E-state index contributed by atoms with van der Waals surface area (Å²) < 4.78 is 2.21. The monoisotopic (exact) mass is 1130 g/mol. The molecule has 11 aromatic rings. The minimum Gasteiger partial charge on any atom is -0.488 e. The summed E-state index contributed by atoms with van der Waals surface area (Å²) in [5.41, 5.74) is 15.0. The van der Waals surface area contributed by atoms with Gasteiger partial charge in [-0.25, -0.2) is 4.98 Å². The van der Waals surface area contributed by atoms with Crippen LogP contribution in [0.5, 0.6) is 0 Å². The van der Waals surface area contributed by atoms with Crippen molar-refractivity contribution in [3.63, 3.8) is 0 Å². The maximum absolute atomic E-state index is 5.35. The second-order valence-electron chi connectivity index (χ2n) is 20.5. The van der Waals surface area contributed by atoms with Gasteiger partial charge in [0.2, 0.25) is 0 Å². The van der Waals surface area contributed by atoms with Gasteiger partial charge < -0.3 is 19.4 Å². The quantitative estimate of drug-likeness (QED) is 0.141. The molecular weight excluding hydrogens is 1070 g/mol. The molecule has 0 saturated carbocycles. The second-order valence-corrected chi connectivity index (χ2v) is 20.5. The first-order valence-electron chi connectivity index (χ1n) is 24.6. The Hall–Kier alpha value is -7.99. The Morgan fingerprint density at radius 1 is 0.452 bits per heavy atom. The fourth-order valence-corrected chi connectivity index (χ4v) is 9.83. The topological polar surface area (TPSA) is 63.0 Å². The number of hydrogen-bond acceptors (Lipinski definition) is 6.